The standard InChI is InChI=1S/C19H21N7O/c20-19(27)25-11-9-24(10-12-25)18-13-16(15-5-2-1-3-6-15)26(14-21-18)17-7-4-8-22-23-17/h1-8,13-14,16H,9-12H2,(H2,20,27). The van der Waals surface area contributed by atoms with Gasteiger partial charge in [-0.25, -0.2) is 9.79 Å². The van der Waals surface area contributed by atoms with Crippen LogP contribution < -0.4 is 10.6 Å². The third-order valence-corrected chi connectivity index (χ3v) is 4.80. The summed E-state index contributed by atoms with van der Waals surface area (Å²) in [7, 11) is 0. The second kappa shape index (κ2) is 7.45. The SMILES string of the molecule is NC(=O)N1CCN(C2=CC(c3ccccc3)N(c3cccnn3)C=N2)CC1. The highest BCUT2D eigenvalue weighted by molar-refractivity contribution is 5.81. The predicted octanol–water partition coefficient (Wildman–Crippen LogP) is 1.60. The summed E-state index contributed by atoms with van der Waals surface area (Å²) < 4.78 is 0. The lowest BCUT2D eigenvalue weighted by Gasteiger charge is -2.38. The van der Waals surface area contributed by atoms with Crippen molar-refractivity contribution in [1.82, 2.24) is 20.0 Å². The van der Waals surface area contributed by atoms with Crippen LogP contribution in [0, 0.1) is 0 Å². The quantitative estimate of drug-likeness (QED) is 0.894. The maximum absolute atomic E-state index is 11.3. The van der Waals surface area contributed by atoms with Gasteiger partial charge in [0.15, 0.2) is 5.82 Å². The molecule has 0 radical (unpaired) electrons. The lowest BCUT2D eigenvalue weighted by atomic mass is 10.0. The second-order valence-corrected chi connectivity index (χ2v) is 6.43. The van der Waals surface area contributed by atoms with E-state index >= 15 is 0 Å². The number of urea groups is 1. The van der Waals surface area contributed by atoms with Gasteiger partial charge in [0.05, 0.1) is 12.4 Å². The largest absolute Gasteiger partial charge is 0.353 e. The summed E-state index contributed by atoms with van der Waals surface area (Å²) in [6.45, 7) is 2.62. The summed E-state index contributed by atoms with van der Waals surface area (Å²) in [5.74, 6) is 1.64. The molecule has 2 N–H and O–H groups in total. The van der Waals surface area contributed by atoms with E-state index in [0.29, 0.717) is 26.2 Å². The average Bonchev–Trinajstić information content (AvgIpc) is 2.74. The van der Waals surface area contributed by atoms with Crippen LogP contribution in [0.15, 0.2) is 65.6 Å². The number of amides is 2. The molecule has 1 atom stereocenters. The second-order valence-electron chi connectivity index (χ2n) is 6.43. The van der Waals surface area contributed by atoms with E-state index in [2.05, 4.69) is 38.3 Å². The minimum Gasteiger partial charge on any atom is -0.353 e. The minimum atomic E-state index is -0.369. The number of carbonyl (C=O) groups excluding carboxylic acids is 1. The van der Waals surface area contributed by atoms with Gasteiger partial charge in [-0.3, -0.25) is 0 Å². The number of nitrogens with two attached hydrogens (primary N) is 1. The van der Waals surface area contributed by atoms with Crippen LogP contribution in [0.1, 0.15) is 11.6 Å². The Hall–Kier alpha value is -3.42. The van der Waals surface area contributed by atoms with Gasteiger partial charge in [0, 0.05) is 32.4 Å². The number of anilines is 1. The average molecular weight is 363 g/mol. The Kier molecular flexibility index (Phi) is 4.69. The van der Waals surface area contributed by atoms with Crippen LogP contribution in [-0.4, -0.2) is 58.5 Å². The Morgan fingerprint density at radius 3 is 2.48 bits per heavy atom. The summed E-state index contributed by atoms with van der Waals surface area (Å²) >= 11 is 0. The molecule has 1 saturated heterocycles. The molecule has 0 spiro atoms. The first kappa shape index (κ1) is 17.0. The van der Waals surface area contributed by atoms with Gasteiger partial charge in [-0.15, -0.1) is 5.10 Å². The molecule has 1 fully saturated rings. The van der Waals surface area contributed by atoms with E-state index in [1.165, 1.54) is 0 Å². The highest BCUT2D eigenvalue weighted by atomic mass is 16.2. The Bertz CT molecular complexity index is 845. The van der Waals surface area contributed by atoms with Gasteiger partial charge in [0.2, 0.25) is 0 Å². The third-order valence-electron chi connectivity index (χ3n) is 4.80. The molecule has 0 bridgehead atoms. The lowest BCUT2D eigenvalue weighted by molar-refractivity contribution is 0.163. The fourth-order valence-corrected chi connectivity index (χ4v) is 3.34. The molecule has 4 rings (SSSR count). The highest BCUT2D eigenvalue weighted by Gasteiger charge is 2.27. The number of carbonyl (C=O) groups is 1. The molecule has 1 aromatic heterocycles. The highest BCUT2D eigenvalue weighted by Crippen LogP contribution is 2.30. The number of hydrogen-bond acceptors (Lipinski definition) is 6. The van der Waals surface area contributed by atoms with E-state index in [-0.39, 0.29) is 12.1 Å². The molecule has 2 aliphatic heterocycles. The van der Waals surface area contributed by atoms with Crippen molar-refractivity contribution in [2.75, 3.05) is 31.1 Å². The molecule has 8 nitrogen and oxygen atoms in total. The van der Waals surface area contributed by atoms with Crippen LogP contribution in [0.25, 0.3) is 0 Å². The summed E-state index contributed by atoms with van der Waals surface area (Å²) in [4.78, 5) is 21.8. The van der Waals surface area contributed by atoms with Crippen LogP contribution in [0.2, 0.25) is 0 Å². The van der Waals surface area contributed by atoms with Crippen molar-refractivity contribution in [2.45, 2.75) is 6.04 Å². The number of nitrogens with zero attached hydrogens (tertiary/aromatic N) is 6. The monoisotopic (exact) mass is 363 g/mol. The van der Waals surface area contributed by atoms with Gasteiger partial charge in [-0.05, 0) is 23.8 Å². The molecule has 27 heavy (non-hydrogen) atoms. The number of primary amides is 1. The van der Waals surface area contributed by atoms with Crippen molar-refractivity contribution in [3.05, 3.63) is 66.1 Å². The number of aliphatic imine (C=N–C) groups is 1. The molecule has 3 heterocycles. The van der Waals surface area contributed by atoms with Crippen LogP contribution in [0.3, 0.4) is 0 Å². The number of benzene rings is 1. The van der Waals surface area contributed by atoms with Crippen LogP contribution in [-0.2, 0) is 0 Å². The van der Waals surface area contributed by atoms with Gasteiger partial charge in [0.1, 0.15) is 5.82 Å². The van der Waals surface area contributed by atoms with Crippen LogP contribution in [0.5, 0.6) is 0 Å². The molecule has 2 amide bonds. The van der Waals surface area contributed by atoms with Crippen molar-refractivity contribution < 1.29 is 4.79 Å². The molecule has 0 aliphatic carbocycles. The van der Waals surface area contributed by atoms with Crippen molar-refractivity contribution in [3.8, 4) is 0 Å². The van der Waals surface area contributed by atoms with E-state index in [4.69, 9.17) is 5.73 Å². The molecular formula is C19H21N7O. The summed E-state index contributed by atoms with van der Waals surface area (Å²) in [5, 5.41) is 8.22. The zero-order valence-electron chi connectivity index (χ0n) is 14.8. The third kappa shape index (κ3) is 3.59. The van der Waals surface area contributed by atoms with E-state index in [0.717, 1.165) is 17.2 Å². The summed E-state index contributed by atoms with van der Waals surface area (Å²) in [6.07, 6.45) is 5.59. The van der Waals surface area contributed by atoms with Crippen LogP contribution in [0.4, 0.5) is 10.6 Å². The Morgan fingerprint density at radius 1 is 1.04 bits per heavy atom. The number of aromatic nitrogens is 2. The predicted molar refractivity (Wildman–Crippen MR) is 103 cm³/mol. The van der Waals surface area contributed by atoms with E-state index in [1.807, 2.05) is 35.2 Å². The van der Waals surface area contributed by atoms with Gasteiger partial charge in [-0.1, -0.05) is 30.3 Å². The Balaban J connectivity index is 1.61. The molecule has 2 aromatic rings. The van der Waals surface area contributed by atoms with Crippen molar-refractivity contribution in [2.24, 2.45) is 10.7 Å². The number of piperazine rings is 1. The van der Waals surface area contributed by atoms with Gasteiger partial charge in [0.25, 0.3) is 0 Å². The number of hydrogen-bond donors (Lipinski definition) is 1. The van der Waals surface area contributed by atoms with Crippen LogP contribution >= 0.6 is 0 Å². The minimum absolute atomic E-state index is 0.0374. The summed E-state index contributed by atoms with van der Waals surface area (Å²) in [5.41, 5.74) is 6.52. The molecule has 1 aromatic carbocycles. The Labute approximate surface area is 157 Å². The smallest absolute Gasteiger partial charge is 0.314 e. The fourth-order valence-electron chi connectivity index (χ4n) is 3.34. The number of rotatable bonds is 3. The van der Waals surface area contributed by atoms with Crippen molar-refractivity contribution in [3.63, 3.8) is 0 Å². The topological polar surface area (TPSA) is 91.0 Å². The van der Waals surface area contributed by atoms with Gasteiger partial charge >= 0.3 is 6.03 Å². The zero-order chi connectivity index (χ0) is 18.6. The Morgan fingerprint density at radius 2 is 1.81 bits per heavy atom. The van der Waals surface area contributed by atoms with Gasteiger partial charge in [-0.2, -0.15) is 5.10 Å². The zero-order valence-corrected chi connectivity index (χ0v) is 14.8. The van der Waals surface area contributed by atoms with E-state index < -0.39 is 0 Å². The first-order valence-corrected chi connectivity index (χ1v) is 8.89. The molecular weight excluding hydrogens is 342 g/mol. The first-order valence-electron chi connectivity index (χ1n) is 8.89. The summed E-state index contributed by atoms with van der Waals surface area (Å²) in [6, 6.07) is 13.6. The fraction of sp³-hybridized carbons (Fsp3) is 0.263. The molecule has 0 saturated carbocycles. The molecule has 2 aliphatic rings. The van der Waals surface area contributed by atoms with Crippen molar-refractivity contribution in [1.29, 1.82) is 0 Å². The van der Waals surface area contributed by atoms with Crippen molar-refractivity contribution >= 4 is 18.2 Å². The maximum atomic E-state index is 11.3. The van der Waals surface area contributed by atoms with Gasteiger partial charge < -0.3 is 20.4 Å². The maximum Gasteiger partial charge on any atom is 0.314 e. The van der Waals surface area contributed by atoms with E-state index in [9.17, 15) is 4.79 Å². The molecule has 1 unspecified atom stereocenters. The first-order chi connectivity index (χ1) is 13.2. The molecule has 8 heteroatoms. The van der Waals surface area contributed by atoms with E-state index in [1.54, 1.807) is 17.4 Å². The molecule has 138 valence electrons. The lowest BCUT2D eigenvalue weighted by Crippen LogP contribution is -2.50. The normalized spacial score (nSPS) is 19.8.